The number of carbonyl (C=O) groups is 2. The van der Waals surface area contributed by atoms with Crippen LogP contribution in [-0.2, 0) is 19.1 Å². The number of rotatable bonds is 3. The first-order chi connectivity index (χ1) is 10.6. The third kappa shape index (κ3) is 1.94. The molecule has 120 valence electrons. The lowest BCUT2D eigenvalue weighted by Crippen LogP contribution is -2.48. The largest absolute Gasteiger partial charge is 0.458 e. The van der Waals surface area contributed by atoms with E-state index < -0.39 is 5.97 Å². The van der Waals surface area contributed by atoms with Crippen molar-refractivity contribution in [1.29, 1.82) is 0 Å². The second-order valence-electron chi connectivity index (χ2n) is 7.41. The Morgan fingerprint density at radius 2 is 1.59 bits per heavy atom. The van der Waals surface area contributed by atoms with Crippen molar-refractivity contribution >= 4 is 18.2 Å². The van der Waals surface area contributed by atoms with Crippen LogP contribution in [-0.4, -0.2) is 37.4 Å². The molecule has 8 atom stereocenters. The summed E-state index contributed by atoms with van der Waals surface area (Å²) >= 11 is 0. The zero-order chi connectivity index (χ0) is 15.4. The average molecular weight is 305 g/mol. The van der Waals surface area contributed by atoms with Crippen LogP contribution in [0.2, 0.25) is 0 Å². The Morgan fingerprint density at radius 1 is 1.00 bits per heavy atom. The van der Waals surface area contributed by atoms with E-state index in [0.717, 1.165) is 18.3 Å². The molecule has 0 aromatic rings. The monoisotopic (exact) mass is 305 g/mol. The summed E-state index contributed by atoms with van der Waals surface area (Å²) in [7, 11) is 1.55. The zero-order valence-electron chi connectivity index (χ0n) is 13.1. The van der Waals surface area contributed by atoms with Gasteiger partial charge in [-0.15, -0.1) is 0 Å². The van der Waals surface area contributed by atoms with Gasteiger partial charge < -0.3 is 9.47 Å². The predicted octanol–water partition coefficient (Wildman–Crippen LogP) is 1.84. The number of aliphatic imine (C=N–C) groups is 1. The van der Waals surface area contributed by atoms with Crippen molar-refractivity contribution in [3.05, 3.63) is 0 Å². The van der Waals surface area contributed by atoms with Crippen LogP contribution >= 0.6 is 0 Å². The summed E-state index contributed by atoms with van der Waals surface area (Å²) in [6.07, 6.45) is 5.69. The lowest BCUT2D eigenvalue weighted by atomic mass is 9.69. The highest BCUT2D eigenvalue weighted by Gasteiger charge is 2.67. The van der Waals surface area contributed by atoms with Crippen LogP contribution < -0.4 is 0 Å². The number of nitrogens with zero attached hydrogens (tertiary/aromatic N) is 1. The summed E-state index contributed by atoms with van der Waals surface area (Å²) in [5.41, 5.74) is 0. The third-order valence-electron chi connectivity index (χ3n) is 6.54. The maximum atomic E-state index is 11.8. The molecule has 5 nitrogen and oxygen atoms in total. The van der Waals surface area contributed by atoms with Crippen molar-refractivity contribution < 1.29 is 19.1 Å². The van der Waals surface area contributed by atoms with E-state index in [-0.39, 0.29) is 18.2 Å². The van der Waals surface area contributed by atoms with E-state index in [1.54, 1.807) is 7.05 Å². The number of fused-ring (bicyclic) bond motifs is 9. The molecule has 0 aliphatic heterocycles. The second-order valence-corrected chi connectivity index (χ2v) is 7.41. The first kappa shape index (κ1) is 14.2. The first-order valence-electron chi connectivity index (χ1n) is 8.40. The number of carbonyl (C=O) groups excluding carboxylic acids is 2. The van der Waals surface area contributed by atoms with Crippen LogP contribution in [0.4, 0.5) is 0 Å². The van der Waals surface area contributed by atoms with Crippen molar-refractivity contribution in [2.75, 3.05) is 7.05 Å². The molecular formula is C17H23NO4. The highest BCUT2D eigenvalue weighted by molar-refractivity contribution is 6.23. The van der Waals surface area contributed by atoms with Crippen molar-refractivity contribution in [1.82, 2.24) is 0 Å². The van der Waals surface area contributed by atoms with E-state index in [4.69, 9.17) is 9.47 Å². The fourth-order valence-electron chi connectivity index (χ4n) is 6.24. The molecule has 0 radical (unpaired) electrons. The second kappa shape index (κ2) is 5.07. The maximum Gasteiger partial charge on any atom is 0.349 e. The van der Waals surface area contributed by atoms with E-state index in [1.165, 1.54) is 32.4 Å². The Bertz CT molecular complexity index is 531. The van der Waals surface area contributed by atoms with Gasteiger partial charge in [0, 0.05) is 25.8 Å². The van der Waals surface area contributed by atoms with Crippen LogP contribution in [0.3, 0.4) is 0 Å². The van der Waals surface area contributed by atoms with Gasteiger partial charge in [-0.25, -0.2) is 4.79 Å². The fourth-order valence-corrected chi connectivity index (χ4v) is 6.24. The van der Waals surface area contributed by atoms with Gasteiger partial charge in [0.2, 0.25) is 0 Å². The van der Waals surface area contributed by atoms with E-state index in [9.17, 15) is 9.59 Å². The highest BCUT2D eigenvalue weighted by Crippen LogP contribution is 2.68. The van der Waals surface area contributed by atoms with Gasteiger partial charge in [0.05, 0.1) is 0 Å². The Hall–Kier alpha value is -1.39. The molecule has 4 saturated carbocycles. The molecule has 22 heavy (non-hydrogen) atoms. The summed E-state index contributed by atoms with van der Waals surface area (Å²) in [5.74, 6) is 3.00. The zero-order valence-corrected chi connectivity index (χ0v) is 13.1. The van der Waals surface area contributed by atoms with Crippen molar-refractivity contribution in [2.45, 2.75) is 44.8 Å². The molecule has 4 fully saturated rings. The molecule has 0 saturated heterocycles. The van der Waals surface area contributed by atoms with Crippen LogP contribution in [0.1, 0.15) is 32.6 Å². The molecule has 0 aromatic heterocycles. The molecule has 0 heterocycles. The van der Waals surface area contributed by atoms with Gasteiger partial charge in [0.25, 0.3) is 0 Å². The Balaban J connectivity index is 1.59. The topological polar surface area (TPSA) is 65.0 Å². The fraction of sp³-hybridized carbons (Fsp3) is 0.824. The summed E-state index contributed by atoms with van der Waals surface area (Å²) in [5, 5.41) is 0. The van der Waals surface area contributed by atoms with Crippen LogP contribution in [0.25, 0.3) is 0 Å². The van der Waals surface area contributed by atoms with Gasteiger partial charge >= 0.3 is 11.9 Å². The van der Waals surface area contributed by atoms with Gasteiger partial charge in [-0.1, -0.05) is 0 Å². The standard InChI is InChI=1S/C17H23NO4/c1-8(19)21-16-11-6-12(17(16)22-13(20)7-18-2)15-10-4-3-9(5-10)14(11)15/h7,9-12,14-17H,3-6H2,1-2H3. The van der Waals surface area contributed by atoms with Gasteiger partial charge in [0.15, 0.2) is 0 Å². The maximum absolute atomic E-state index is 11.8. The van der Waals surface area contributed by atoms with Crippen LogP contribution in [0.5, 0.6) is 0 Å². The van der Waals surface area contributed by atoms with E-state index in [0.29, 0.717) is 23.7 Å². The average Bonchev–Trinajstić information content (AvgIpc) is 3.17. The highest BCUT2D eigenvalue weighted by atomic mass is 16.6. The molecule has 0 amide bonds. The molecule has 8 unspecified atom stereocenters. The molecular weight excluding hydrogens is 282 g/mol. The lowest BCUT2D eigenvalue weighted by molar-refractivity contribution is -0.173. The third-order valence-corrected chi connectivity index (χ3v) is 6.54. The molecule has 0 aromatic carbocycles. The summed E-state index contributed by atoms with van der Waals surface area (Å²) in [6.45, 7) is 1.44. The number of esters is 2. The minimum atomic E-state index is -0.420. The Labute approximate surface area is 130 Å². The molecule has 4 rings (SSSR count). The first-order valence-corrected chi connectivity index (χ1v) is 8.40. The van der Waals surface area contributed by atoms with Gasteiger partial charge in [-0.05, 0) is 49.4 Å². The smallest absolute Gasteiger partial charge is 0.349 e. The predicted molar refractivity (Wildman–Crippen MR) is 79.3 cm³/mol. The summed E-state index contributed by atoms with van der Waals surface area (Å²) < 4.78 is 11.2. The molecule has 0 N–H and O–H groups in total. The van der Waals surface area contributed by atoms with Gasteiger partial charge in [-0.2, -0.15) is 0 Å². The molecule has 4 aliphatic carbocycles. The van der Waals surface area contributed by atoms with Crippen LogP contribution in [0.15, 0.2) is 4.99 Å². The minimum absolute atomic E-state index is 0.252. The molecule has 5 heteroatoms. The van der Waals surface area contributed by atoms with Crippen LogP contribution in [0, 0.1) is 35.5 Å². The molecule has 4 bridgehead atoms. The quantitative estimate of drug-likeness (QED) is 0.453. The molecule has 0 spiro atoms. The van der Waals surface area contributed by atoms with Crippen molar-refractivity contribution in [2.24, 2.45) is 40.5 Å². The Kier molecular flexibility index (Phi) is 3.27. The number of ether oxygens (including phenoxy) is 2. The van der Waals surface area contributed by atoms with Gasteiger partial charge in [0.1, 0.15) is 18.4 Å². The van der Waals surface area contributed by atoms with E-state index in [2.05, 4.69) is 4.99 Å². The van der Waals surface area contributed by atoms with E-state index in [1.807, 2.05) is 0 Å². The SMILES string of the molecule is CN=CC(=O)OC1C2CC(C1OC(C)=O)C1C3CCC(C3)C21. The van der Waals surface area contributed by atoms with E-state index >= 15 is 0 Å². The van der Waals surface area contributed by atoms with Crippen molar-refractivity contribution in [3.8, 4) is 0 Å². The molecule has 4 aliphatic rings. The number of hydrogen-bond donors (Lipinski definition) is 0. The van der Waals surface area contributed by atoms with Crippen molar-refractivity contribution in [3.63, 3.8) is 0 Å². The Morgan fingerprint density at radius 3 is 2.14 bits per heavy atom. The lowest BCUT2D eigenvalue weighted by Gasteiger charge is -2.41. The van der Waals surface area contributed by atoms with Gasteiger partial charge in [-0.3, -0.25) is 9.79 Å². The normalized spacial score (nSPS) is 47.9. The summed E-state index contributed by atoms with van der Waals surface area (Å²) in [4.78, 5) is 27.1. The number of hydrogen-bond acceptors (Lipinski definition) is 5. The summed E-state index contributed by atoms with van der Waals surface area (Å²) in [6, 6.07) is 0. The minimum Gasteiger partial charge on any atom is -0.458 e.